The summed E-state index contributed by atoms with van der Waals surface area (Å²) in [5, 5.41) is 3.49. The Morgan fingerprint density at radius 1 is 1.36 bits per heavy atom. The number of fused-ring (bicyclic) bond motifs is 1. The molecule has 1 saturated heterocycles. The minimum Gasteiger partial charge on any atom is -0.358 e. The molecule has 1 aromatic heterocycles. The monoisotopic (exact) mass is 303 g/mol. The van der Waals surface area contributed by atoms with E-state index in [0.29, 0.717) is 26.1 Å². The Balaban J connectivity index is 1.83. The quantitative estimate of drug-likeness (QED) is 0.883. The highest BCUT2D eigenvalue weighted by molar-refractivity contribution is 5.90. The zero-order chi connectivity index (χ0) is 15.7. The van der Waals surface area contributed by atoms with Crippen molar-refractivity contribution in [2.24, 2.45) is 0 Å². The van der Waals surface area contributed by atoms with Crippen LogP contribution < -0.4 is 5.32 Å². The van der Waals surface area contributed by atoms with Crippen LogP contribution in [-0.4, -0.2) is 41.3 Å². The van der Waals surface area contributed by atoms with Crippen molar-refractivity contribution in [1.82, 2.24) is 15.2 Å². The molecule has 2 aromatic rings. The van der Waals surface area contributed by atoms with Crippen LogP contribution in [0.1, 0.15) is 17.7 Å². The summed E-state index contributed by atoms with van der Waals surface area (Å²) in [4.78, 5) is 28.7. The van der Waals surface area contributed by atoms with Gasteiger partial charge >= 0.3 is 0 Å². The Labute approximate surface area is 127 Å². The minimum atomic E-state index is -0.315. The first-order valence-electron chi connectivity index (χ1n) is 7.36. The third-order valence-electron chi connectivity index (χ3n) is 4.07. The highest BCUT2D eigenvalue weighted by Gasteiger charge is 2.20. The van der Waals surface area contributed by atoms with Crippen LogP contribution in [0.15, 0.2) is 18.2 Å². The summed E-state index contributed by atoms with van der Waals surface area (Å²) in [5.41, 5.74) is 2.52. The molecule has 0 unspecified atom stereocenters. The number of carbonyl (C=O) groups is 2. The van der Waals surface area contributed by atoms with Crippen molar-refractivity contribution in [3.05, 3.63) is 35.3 Å². The van der Waals surface area contributed by atoms with Crippen LogP contribution in [0, 0.1) is 12.7 Å². The second-order valence-corrected chi connectivity index (χ2v) is 5.58. The molecule has 6 heteroatoms. The predicted molar refractivity (Wildman–Crippen MR) is 80.9 cm³/mol. The van der Waals surface area contributed by atoms with Crippen molar-refractivity contribution in [1.29, 1.82) is 0 Å². The molecule has 0 bridgehead atoms. The molecule has 0 radical (unpaired) electrons. The SMILES string of the molecule is Cc1[nH]c2ccc(F)cc2c1CC(=O)N1CCNC(=O)CC1. The molecule has 1 aliphatic rings. The van der Waals surface area contributed by atoms with Gasteiger partial charge in [-0.1, -0.05) is 0 Å². The Morgan fingerprint density at radius 2 is 2.18 bits per heavy atom. The summed E-state index contributed by atoms with van der Waals surface area (Å²) in [6, 6.07) is 4.53. The van der Waals surface area contributed by atoms with Gasteiger partial charge in [0.15, 0.2) is 0 Å². The number of benzene rings is 1. The lowest BCUT2D eigenvalue weighted by Gasteiger charge is -2.19. The largest absolute Gasteiger partial charge is 0.358 e. The lowest BCUT2D eigenvalue weighted by molar-refractivity contribution is -0.130. The van der Waals surface area contributed by atoms with Gasteiger partial charge in [0.25, 0.3) is 0 Å². The topological polar surface area (TPSA) is 65.2 Å². The van der Waals surface area contributed by atoms with E-state index >= 15 is 0 Å². The van der Waals surface area contributed by atoms with Crippen molar-refractivity contribution >= 4 is 22.7 Å². The van der Waals surface area contributed by atoms with Crippen LogP contribution in [0.5, 0.6) is 0 Å². The van der Waals surface area contributed by atoms with E-state index < -0.39 is 0 Å². The van der Waals surface area contributed by atoms with Gasteiger partial charge in [0, 0.05) is 42.7 Å². The molecule has 2 N–H and O–H groups in total. The van der Waals surface area contributed by atoms with Gasteiger partial charge in [0.2, 0.25) is 11.8 Å². The van der Waals surface area contributed by atoms with Gasteiger partial charge < -0.3 is 15.2 Å². The molecule has 1 fully saturated rings. The van der Waals surface area contributed by atoms with Crippen LogP contribution >= 0.6 is 0 Å². The standard InChI is InChI=1S/C16H18FN3O2/c1-10-12(13-8-11(17)2-3-14(13)19-10)9-16(22)20-6-4-15(21)18-5-7-20/h2-3,8,19H,4-7,9H2,1H3,(H,18,21). The summed E-state index contributed by atoms with van der Waals surface area (Å²) in [6.45, 7) is 3.31. The van der Waals surface area contributed by atoms with E-state index in [1.165, 1.54) is 12.1 Å². The first kappa shape index (κ1) is 14.6. The molecule has 22 heavy (non-hydrogen) atoms. The summed E-state index contributed by atoms with van der Waals surface area (Å²) in [7, 11) is 0. The van der Waals surface area contributed by atoms with E-state index in [2.05, 4.69) is 10.3 Å². The Kier molecular flexibility index (Phi) is 3.83. The number of amides is 2. The maximum Gasteiger partial charge on any atom is 0.227 e. The smallest absolute Gasteiger partial charge is 0.227 e. The Bertz CT molecular complexity index is 738. The molecule has 1 aliphatic heterocycles. The number of nitrogens with zero attached hydrogens (tertiary/aromatic N) is 1. The van der Waals surface area contributed by atoms with Gasteiger partial charge in [-0.15, -0.1) is 0 Å². The van der Waals surface area contributed by atoms with E-state index in [1.807, 2.05) is 6.92 Å². The van der Waals surface area contributed by atoms with Crippen LogP contribution in [0.25, 0.3) is 10.9 Å². The van der Waals surface area contributed by atoms with Crippen molar-refractivity contribution in [3.63, 3.8) is 0 Å². The lowest BCUT2D eigenvalue weighted by atomic mass is 10.1. The number of aryl methyl sites for hydroxylation is 1. The fraction of sp³-hybridized carbons (Fsp3) is 0.375. The molecule has 2 heterocycles. The summed E-state index contributed by atoms with van der Waals surface area (Å²) in [5.74, 6) is -0.379. The number of aromatic nitrogens is 1. The zero-order valence-corrected chi connectivity index (χ0v) is 12.4. The van der Waals surface area contributed by atoms with Crippen molar-refractivity contribution in [3.8, 4) is 0 Å². The van der Waals surface area contributed by atoms with Gasteiger partial charge in [-0.3, -0.25) is 9.59 Å². The number of hydrogen-bond acceptors (Lipinski definition) is 2. The van der Waals surface area contributed by atoms with Crippen molar-refractivity contribution in [2.75, 3.05) is 19.6 Å². The molecule has 5 nitrogen and oxygen atoms in total. The fourth-order valence-corrected chi connectivity index (χ4v) is 2.86. The van der Waals surface area contributed by atoms with Gasteiger partial charge in [0.1, 0.15) is 5.82 Å². The molecule has 1 aromatic carbocycles. The first-order chi connectivity index (χ1) is 10.5. The van der Waals surface area contributed by atoms with Crippen LogP contribution in [0.3, 0.4) is 0 Å². The number of rotatable bonds is 2. The van der Waals surface area contributed by atoms with Crippen LogP contribution in [0.4, 0.5) is 4.39 Å². The normalized spacial score (nSPS) is 15.7. The number of nitrogens with one attached hydrogen (secondary N) is 2. The van der Waals surface area contributed by atoms with E-state index in [0.717, 1.165) is 22.2 Å². The van der Waals surface area contributed by atoms with Gasteiger partial charge in [-0.05, 0) is 30.7 Å². The van der Waals surface area contributed by atoms with Crippen molar-refractivity contribution < 1.29 is 14.0 Å². The van der Waals surface area contributed by atoms with Gasteiger partial charge in [0.05, 0.1) is 6.42 Å². The minimum absolute atomic E-state index is 0.0272. The number of aromatic amines is 1. The molecular weight excluding hydrogens is 285 g/mol. The van der Waals surface area contributed by atoms with Crippen LogP contribution in [-0.2, 0) is 16.0 Å². The molecule has 0 aliphatic carbocycles. The molecule has 116 valence electrons. The predicted octanol–water partition coefficient (Wildman–Crippen LogP) is 1.51. The maximum atomic E-state index is 13.5. The van der Waals surface area contributed by atoms with E-state index in [9.17, 15) is 14.0 Å². The summed E-state index contributed by atoms with van der Waals surface area (Å²) < 4.78 is 13.5. The third kappa shape index (κ3) is 2.81. The Hall–Kier alpha value is -2.37. The van der Waals surface area contributed by atoms with E-state index in [4.69, 9.17) is 0 Å². The second-order valence-electron chi connectivity index (χ2n) is 5.58. The molecule has 0 spiro atoms. The number of H-pyrrole nitrogens is 1. The van der Waals surface area contributed by atoms with E-state index in [1.54, 1.807) is 11.0 Å². The Morgan fingerprint density at radius 3 is 3.00 bits per heavy atom. The first-order valence-corrected chi connectivity index (χ1v) is 7.36. The summed E-state index contributed by atoms with van der Waals surface area (Å²) in [6.07, 6.45) is 0.538. The average molecular weight is 303 g/mol. The highest BCUT2D eigenvalue weighted by atomic mass is 19.1. The van der Waals surface area contributed by atoms with E-state index in [-0.39, 0.29) is 24.1 Å². The molecule has 3 rings (SSSR count). The molecule has 2 amide bonds. The fourth-order valence-electron chi connectivity index (χ4n) is 2.86. The average Bonchev–Trinajstić information content (AvgIpc) is 2.65. The number of carbonyl (C=O) groups excluding carboxylic acids is 2. The van der Waals surface area contributed by atoms with Gasteiger partial charge in [-0.25, -0.2) is 4.39 Å². The zero-order valence-electron chi connectivity index (χ0n) is 12.4. The number of hydrogen-bond donors (Lipinski definition) is 2. The van der Waals surface area contributed by atoms with Crippen LogP contribution in [0.2, 0.25) is 0 Å². The van der Waals surface area contributed by atoms with Crippen molar-refractivity contribution in [2.45, 2.75) is 19.8 Å². The molecule has 0 atom stereocenters. The van der Waals surface area contributed by atoms with Gasteiger partial charge in [-0.2, -0.15) is 0 Å². The second kappa shape index (κ2) is 5.79. The molecular formula is C16H18FN3O2. The maximum absolute atomic E-state index is 13.5. The summed E-state index contributed by atoms with van der Waals surface area (Å²) >= 11 is 0. The third-order valence-corrected chi connectivity index (χ3v) is 4.07. The number of halogens is 1. The molecule has 0 saturated carbocycles. The lowest BCUT2D eigenvalue weighted by Crippen LogP contribution is -2.35. The highest BCUT2D eigenvalue weighted by Crippen LogP contribution is 2.24.